The maximum absolute atomic E-state index is 4.55. The van der Waals surface area contributed by atoms with Crippen molar-refractivity contribution in [2.75, 3.05) is 23.7 Å². The van der Waals surface area contributed by atoms with Crippen molar-refractivity contribution in [2.45, 2.75) is 33.1 Å². The normalized spacial score (nSPS) is 10.5. The lowest BCUT2D eigenvalue weighted by atomic mass is 10.3. The lowest BCUT2D eigenvalue weighted by Gasteiger charge is -2.10. The van der Waals surface area contributed by atoms with E-state index in [0.29, 0.717) is 0 Å². The van der Waals surface area contributed by atoms with Crippen molar-refractivity contribution >= 4 is 23.0 Å². The van der Waals surface area contributed by atoms with Crippen LogP contribution in [0.2, 0.25) is 0 Å². The maximum atomic E-state index is 4.55. The van der Waals surface area contributed by atoms with Crippen molar-refractivity contribution in [1.29, 1.82) is 0 Å². The summed E-state index contributed by atoms with van der Waals surface area (Å²) in [6, 6.07) is 1.96. The first kappa shape index (κ1) is 14.7. The van der Waals surface area contributed by atoms with Crippen LogP contribution in [0.3, 0.4) is 0 Å². The van der Waals surface area contributed by atoms with Crippen LogP contribution in [0.25, 0.3) is 0 Å². The third kappa shape index (κ3) is 4.45. The van der Waals surface area contributed by atoms with E-state index >= 15 is 0 Å². The average Bonchev–Trinajstić information content (AvgIpc) is 2.92. The minimum Gasteiger partial charge on any atom is -0.370 e. The van der Waals surface area contributed by atoms with Crippen molar-refractivity contribution in [1.82, 2.24) is 15.0 Å². The maximum Gasteiger partial charge on any atom is 0.133 e. The Hall–Kier alpha value is -1.69. The highest BCUT2D eigenvalue weighted by Crippen LogP contribution is 2.13. The Morgan fingerprint density at radius 3 is 2.55 bits per heavy atom. The Morgan fingerprint density at radius 1 is 1.10 bits per heavy atom. The SMILES string of the molecule is CCCc1nc(NCC)cc(NCCc2nccs2)n1. The number of hydrogen-bond donors (Lipinski definition) is 2. The van der Waals surface area contributed by atoms with Gasteiger partial charge in [-0.1, -0.05) is 6.92 Å². The second kappa shape index (κ2) is 7.79. The van der Waals surface area contributed by atoms with E-state index in [1.165, 1.54) is 0 Å². The van der Waals surface area contributed by atoms with Gasteiger partial charge in [0.05, 0.1) is 5.01 Å². The topological polar surface area (TPSA) is 62.7 Å². The molecule has 108 valence electrons. The van der Waals surface area contributed by atoms with Gasteiger partial charge in [0.25, 0.3) is 0 Å². The molecule has 0 unspecified atom stereocenters. The molecule has 0 aliphatic rings. The van der Waals surface area contributed by atoms with Crippen LogP contribution in [0.4, 0.5) is 11.6 Å². The summed E-state index contributed by atoms with van der Waals surface area (Å²) >= 11 is 1.68. The molecule has 6 heteroatoms. The smallest absolute Gasteiger partial charge is 0.133 e. The molecule has 0 bridgehead atoms. The van der Waals surface area contributed by atoms with Gasteiger partial charge in [-0.2, -0.15) is 0 Å². The Balaban J connectivity index is 1.97. The number of nitrogens with one attached hydrogen (secondary N) is 2. The van der Waals surface area contributed by atoms with Crippen molar-refractivity contribution < 1.29 is 0 Å². The fourth-order valence-electron chi connectivity index (χ4n) is 1.87. The molecule has 0 radical (unpaired) electrons. The number of anilines is 2. The van der Waals surface area contributed by atoms with Gasteiger partial charge < -0.3 is 10.6 Å². The van der Waals surface area contributed by atoms with Gasteiger partial charge in [0, 0.05) is 43.6 Å². The fraction of sp³-hybridized carbons (Fsp3) is 0.500. The number of hydrogen-bond acceptors (Lipinski definition) is 6. The average molecular weight is 291 g/mol. The molecule has 5 nitrogen and oxygen atoms in total. The Bertz CT molecular complexity index is 488. The van der Waals surface area contributed by atoms with E-state index in [1.54, 1.807) is 11.3 Å². The van der Waals surface area contributed by atoms with Crippen LogP contribution in [0, 0.1) is 0 Å². The molecule has 2 aromatic heterocycles. The zero-order chi connectivity index (χ0) is 14.2. The number of rotatable bonds is 8. The lowest BCUT2D eigenvalue weighted by molar-refractivity contribution is 0.833. The molecule has 0 aromatic carbocycles. The third-order valence-corrected chi connectivity index (χ3v) is 3.57. The quantitative estimate of drug-likeness (QED) is 0.783. The zero-order valence-electron chi connectivity index (χ0n) is 12.0. The highest BCUT2D eigenvalue weighted by atomic mass is 32.1. The monoisotopic (exact) mass is 291 g/mol. The first-order valence-corrected chi connectivity index (χ1v) is 7.93. The molecule has 0 aliphatic heterocycles. The van der Waals surface area contributed by atoms with Gasteiger partial charge in [0.15, 0.2) is 0 Å². The molecule has 2 rings (SSSR count). The highest BCUT2D eigenvalue weighted by molar-refractivity contribution is 7.09. The second-order valence-corrected chi connectivity index (χ2v) is 5.42. The van der Waals surface area contributed by atoms with E-state index < -0.39 is 0 Å². The molecule has 2 N–H and O–H groups in total. The summed E-state index contributed by atoms with van der Waals surface area (Å²) in [6.45, 7) is 5.90. The molecule has 2 aromatic rings. The second-order valence-electron chi connectivity index (χ2n) is 4.44. The van der Waals surface area contributed by atoms with Gasteiger partial charge in [0.1, 0.15) is 17.5 Å². The molecule has 0 atom stereocenters. The third-order valence-electron chi connectivity index (χ3n) is 2.73. The van der Waals surface area contributed by atoms with E-state index in [9.17, 15) is 0 Å². The van der Waals surface area contributed by atoms with E-state index in [-0.39, 0.29) is 0 Å². The minimum atomic E-state index is 0.835. The Morgan fingerprint density at radius 2 is 1.90 bits per heavy atom. The molecular formula is C14H21N5S. The van der Waals surface area contributed by atoms with Gasteiger partial charge in [-0.05, 0) is 13.3 Å². The molecule has 0 aliphatic carbocycles. The molecule has 2 heterocycles. The molecule has 0 saturated carbocycles. The van der Waals surface area contributed by atoms with Crippen molar-refractivity contribution in [3.05, 3.63) is 28.5 Å². The summed E-state index contributed by atoms with van der Waals surface area (Å²) in [4.78, 5) is 13.3. The van der Waals surface area contributed by atoms with Crippen molar-refractivity contribution in [2.24, 2.45) is 0 Å². The van der Waals surface area contributed by atoms with Crippen LogP contribution in [0.15, 0.2) is 17.6 Å². The Kier molecular flexibility index (Phi) is 5.73. The molecular weight excluding hydrogens is 270 g/mol. The van der Waals surface area contributed by atoms with Crippen molar-refractivity contribution in [3.8, 4) is 0 Å². The van der Waals surface area contributed by atoms with Gasteiger partial charge in [-0.25, -0.2) is 15.0 Å². The summed E-state index contributed by atoms with van der Waals surface area (Å²) in [5.74, 6) is 2.67. The molecule has 0 spiro atoms. The molecule has 20 heavy (non-hydrogen) atoms. The van der Waals surface area contributed by atoms with E-state index in [4.69, 9.17) is 0 Å². The van der Waals surface area contributed by atoms with Gasteiger partial charge >= 0.3 is 0 Å². The first-order valence-electron chi connectivity index (χ1n) is 7.06. The molecule has 0 fully saturated rings. The van der Waals surface area contributed by atoms with Crippen LogP contribution in [0.5, 0.6) is 0 Å². The van der Waals surface area contributed by atoms with Crippen LogP contribution in [-0.2, 0) is 12.8 Å². The highest BCUT2D eigenvalue weighted by Gasteiger charge is 2.04. The van der Waals surface area contributed by atoms with Gasteiger partial charge in [0.2, 0.25) is 0 Å². The van der Waals surface area contributed by atoms with E-state index in [0.717, 1.165) is 54.8 Å². The lowest BCUT2D eigenvalue weighted by Crippen LogP contribution is -2.10. The summed E-state index contributed by atoms with van der Waals surface area (Å²) in [5.41, 5.74) is 0. The van der Waals surface area contributed by atoms with E-state index in [1.807, 2.05) is 17.6 Å². The largest absolute Gasteiger partial charge is 0.370 e. The van der Waals surface area contributed by atoms with Crippen LogP contribution >= 0.6 is 11.3 Å². The van der Waals surface area contributed by atoms with Crippen LogP contribution < -0.4 is 10.6 Å². The molecule has 0 saturated heterocycles. The fourth-order valence-corrected chi connectivity index (χ4v) is 2.49. The number of aromatic nitrogens is 3. The number of aryl methyl sites for hydroxylation is 1. The zero-order valence-corrected chi connectivity index (χ0v) is 12.8. The van der Waals surface area contributed by atoms with Crippen LogP contribution in [-0.4, -0.2) is 28.0 Å². The van der Waals surface area contributed by atoms with Crippen LogP contribution in [0.1, 0.15) is 31.1 Å². The number of nitrogens with zero attached hydrogens (tertiary/aromatic N) is 3. The predicted octanol–water partition coefficient (Wildman–Crippen LogP) is 2.97. The summed E-state index contributed by atoms with van der Waals surface area (Å²) in [5, 5.41) is 9.75. The predicted molar refractivity (Wildman–Crippen MR) is 84.5 cm³/mol. The van der Waals surface area contributed by atoms with E-state index in [2.05, 4.69) is 39.4 Å². The minimum absolute atomic E-state index is 0.835. The van der Waals surface area contributed by atoms with Gasteiger partial charge in [-0.3, -0.25) is 0 Å². The first-order chi connectivity index (χ1) is 9.81. The summed E-state index contributed by atoms with van der Waals surface area (Å²) in [6.07, 6.45) is 4.71. The molecule has 0 amide bonds. The number of thiazole rings is 1. The van der Waals surface area contributed by atoms with Crippen molar-refractivity contribution in [3.63, 3.8) is 0 Å². The summed E-state index contributed by atoms with van der Waals surface area (Å²) in [7, 11) is 0. The van der Waals surface area contributed by atoms with Gasteiger partial charge in [-0.15, -0.1) is 11.3 Å². The standard InChI is InChI=1S/C14H21N5S/c1-3-5-11-18-12(15-4-2)10-13(19-11)16-7-6-14-17-8-9-20-14/h8-10H,3-7H2,1-2H3,(H2,15,16,18,19). The Labute approximate surface area is 123 Å². The summed E-state index contributed by atoms with van der Waals surface area (Å²) < 4.78 is 0.